The van der Waals surface area contributed by atoms with E-state index in [0.29, 0.717) is 0 Å². The highest BCUT2D eigenvalue weighted by Gasteiger charge is 2.40. The zero-order valence-corrected chi connectivity index (χ0v) is 9.91. The summed E-state index contributed by atoms with van der Waals surface area (Å²) in [5.41, 5.74) is 2.43. The van der Waals surface area contributed by atoms with E-state index in [1.807, 2.05) is 22.9 Å². The lowest BCUT2D eigenvalue weighted by molar-refractivity contribution is 0.196. The van der Waals surface area contributed by atoms with Gasteiger partial charge < -0.3 is 9.80 Å². The predicted octanol–water partition coefficient (Wildman–Crippen LogP) is 1.67. The number of aromatic nitrogens is 1. The van der Waals surface area contributed by atoms with Crippen LogP contribution in [0.1, 0.15) is 12.5 Å². The van der Waals surface area contributed by atoms with E-state index in [1.54, 1.807) is 0 Å². The van der Waals surface area contributed by atoms with Crippen LogP contribution in [-0.2, 0) is 0 Å². The zero-order valence-electron chi connectivity index (χ0n) is 9.09. The molecule has 1 saturated heterocycles. The molecule has 1 fully saturated rings. The Bertz CT molecular complexity index is 440. The first-order chi connectivity index (χ1) is 7.81. The normalized spacial score (nSPS) is 23.9. The molecule has 84 valence electrons. The summed E-state index contributed by atoms with van der Waals surface area (Å²) in [7, 11) is 0. The van der Waals surface area contributed by atoms with Gasteiger partial charge in [-0.15, -0.1) is 0 Å². The minimum absolute atomic E-state index is 0.168. The van der Waals surface area contributed by atoms with Gasteiger partial charge in [0.05, 0.1) is 6.04 Å². The van der Waals surface area contributed by atoms with Crippen LogP contribution in [0.15, 0.2) is 17.7 Å². The van der Waals surface area contributed by atoms with Crippen molar-refractivity contribution in [2.24, 2.45) is 0 Å². The molecule has 2 bridgehead atoms. The molecule has 3 rings (SSSR count). The van der Waals surface area contributed by atoms with E-state index in [-0.39, 0.29) is 12.1 Å². The Morgan fingerprint density at radius 1 is 1.62 bits per heavy atom. The van der Waals surface area contributed by atoms with Crippen molar-refractivity contribution in [2.45, 2.75) is 13.0 Å². The topological polar surface area (TPSA) is 36.4 Å². The second-order valence-corrected chi connectivity index (χ2v) is 4.72. The van der Waals surface area contributed by atoms with Gasteiger partial charge in [-0.1, -0.05) is 6.08 Å². The quantitative estimate of drug-likeness (QED) is 0.781. The molecule has 1 aromatic heterocycles. The Labute approximate surface area is 98.3 Å². The second-order valence-electron chi connectivity index (χ2n) is 4.06. The van der Waals surface area contributed by atoms with Gasteiger partial charge in [-0.2, -0.15) is 0 Å². The molecule has 1 atom stereocenters. The molecule has 0 aromatic carbocycles. The van der Waals surface area contributed by atoms with E-state index >= 15 is 0 Å². The molecule has 0 saturated carbocycles. The highest BCUT2D eigenvalue weighted by atomic mass is 32.1. The van der Waals surface area contributed by atoms with Gasteiger partial charge in [0.25, 0.3) is 0 Å². The molecule has 0 N–H and O–H groups in total. The third-order valence-electron chi connectivity index (χ3n) is 3.28. The van der Waals surface area contributed by atoms with Crippen LogP contribution in [0.5, 0.6) is 0 Å². The van der Waals surface area contributed by atoms with Gasteiger partial charge in [0, 0.05) is 36.8 Å². The maximum absolute atomic E-state index is 11.9. The summed E-state index contributed by atoms with van der Waals surface area (Å²) in [6.07, 6.45) is 4.05. The number of hydrogen-bond acceptors (Lipinski definition) is 3. The van der Waals surface area contributed by atoms with Crippen molar-refractivity contribution < 1.29 is 4.79 Å². The van der Waals surface area contributed by atoms with Crippen LogP contribution < -0.4 is 0 Å². The summed E-state index contributed by atoms with van der Waals surface area (Å²) < 4.78 is 4.13. The van der Waals surface area contributed by atoms with Crippen molar-refractivity contribution in [3.8, 4) is 0 Å². The molecule has 2 aliphatic rings. The number of carbonyl (C=O) groups excluding carboxylic acids is 1. The fourth-order valence-corrected chi connectivity index (χ4v) is 3.02. The number of hydrogen-bond donors (Lipinski definition) is 0. The molecule has 16 heavy (non-hydrogen) atoms. The Kier molecular flexibility index (Phi) is 2.21. The number of fused-ring (bicyclic) bond motifs is 2. The molecule has 3 heterocycles. The number of urea groups is 1. The van der Waals surface area contributed by atoms with Gasteiger partial charge in [0.15, 0.2) is 0 Å². The maximum Gasteiger partial charge on any atom is 0.320 e. The van der Waals surface area contributed by atoms with E-state index in [0.717, 1.165) is 19.6 Å². The molecule has 2 amide bonds. The zero-order chi connectivity index (χ0) is 11.1. The first-order valence-electron chi connectivity index (χ1n) is 5.46. The van der Waals surface area contributed by atoms with E-state index in [2.05, 4.69) is 15.8 Å². The van der Waals surface area contributed by atoms with Crippen molar-refractivity contribution in [3.63, 3.8) is 0 Å². The summed E-state index contributed by atoms with van der Waals surface area (Å²) in [4.78, 5) is 15.8. The van der Waals surface area contributed by atoms with Crippen LogP contribution in [0.3, 0.4) is 0 Å². The van der Waals surface area contributed by atoms with Crippen molar-refractivity contribution in [1.82, 2.24) is 14.2 Å². The molecule has 5 heteroatoms. The number of carbonyl (C=O) groups is 1. The van der Waals surface area contributed by atoms with E-state index in [9.17, 15) is 4.79 Å². The number of rotatable bonds is 2. The SMILES string of the molecule is CCN1C(=O)N2CC=C(c3cnsc3)C1C2. The average Bonchev–Trinajstić information content (AvgIpc) is 2.89. The van der Waals surface area contributed by atoms with Crippen molar-refractivity contribution in [3.05, 3.63) is 23.2 Å². The van der Waals surface area contributed by atoms with Gasteiger partial charge in [-0.25, -0.2) is 9.17 Å². The van der Waals surface area contributed by atoms with Crippen molar-refractivity contribution in [1.29, 1.82) is 0 Å². The molecule has 1 aromatic rings. The molecule has 0 radical (unpaired) electrons. The summed E-state index contributed by atoms with van der Waals surface area (Å²) in [5, 5.41) is 2.05. The van der Waals surface area contributed by atoms with Gasteiger partial charge in [0.2, 0.25) is 0 Å². The van der Waals surface area contributed by atoms with Crippen LogP contribution in [0.2, 0.25) is 0 Å². The smallest absolute Gasteiger partial charge is 0.318 e. The lowest BCUT2D eigenvalue weighted by Gasteiger charge is -2.24. The third-order valence-corrected chi connectivity index (χ3v) is 3.87. The first kappa shape index (κ1) is 9.84. The predicted molar refractivity (Wildman–Crippen MR) is 63.2 cm³/mol. The fourth-order valence-electron chi connectivity index (χ4n) is 2.48. The Morgan fingerprint density at radius 3 is 3.19 bits per heavy atom. The van der Waals surface area contributed by atoms with Crippen LogP contribution in [-0.4, -0.2) is 45.9 Å². The number of amides is 2. The Balaban J connectivity index is 1.98. The molecule has 0 aliphatic carbocycles. The van der Waals surface area contributed by atoms with Crippen molar-refractivity contribution in [2.75, 3.05) is 19.6 Å². The minimum atomic E-state index is 0.168. The van der Waals surface area contributed by atoms with Gasteiger partial charge in [-0.3, -0.25) is 0 Å². The molecule has 0 spiro atoms. The lowest BCUT2D eigenvalue weighted by atomic mass is 9.98. The number of nitrogens with zero attached hydrogens (tertiary/aromatic N) is 3. The van der Waals surface area contributed by atoms with Crippen LogP contribution in [0.4, 0.5) is 4.79 Å². The van der Waals surface area contributed by atoms with Crippen LogP contribution >= 0.6 is 11.5 Å². The summed E-state index contributed by atoms with van der Waals surface area (Å²) in [6, 6.07) is 0.393. The van der Waals surface area contributed by atoms with Crippen LogP contribution in [0.25, 0.3) is 5.57 Å². The lowest BCUT2D eigenvalue weighted by Crippen LogP contribution is -2.33. The summed E-state index contributed by atoms with van der Waals surface area (Å²) >= 11 is 1.46. The summed E-state index contributed by atoms with van der Waals surface area (Å²) in [5.74, 6) is 0. The fraction of sp³-hybridized carbons (Fsp3) is 0.455. The largest absolute Gasteiger partial charge is 0.320 e. The van der Waals surface area contributed by atoms with E-state index in [1.165, 1.54) is 22.7 Å². The van der Waals surface area contributed by atoms with Crippen LogP contribution in [0, 0.1) is 0 Å². The molecule has 2 aliphatic heterocycles. The van der Waals surface area contributed by atoms with Gasteiger partial charge in [-0.05, 0) is 24.0 Å². The Morgan fingerprint density at radius 2 is 2.50 bits per heavy atom. The molecule has 1 unspecified atom stereocenters. The average molecular weight is 235 g/mol. The highest BCUT2D eigenvalue weighted by Crippen LogP contribution is 2.32. The van der Waals surface area contributed by atoms with Gasteiger partial charge in [0.1, 0.15) is 0 Å². The molecule has 4 nitrogen and oxygen atoms in total. The van der Waals surface area contributed by atoms with Gasteiger partial charge >= 0.3 is 6.03 Å². The van der Waals surface area contributed by atoms with E-state index < -0.39 is 0 Å². The monoisotopic (exact) mass is 235 g/mol. The Hall–Kier alpha value is -1.36. The number of likely N-dealkylation sites (N-methyl/N-ethyl adjacent to an activating group) is 1. The summed E-state index contributed by atoms with van der Waals surface area (Å²) in [6.45, 7) is 4.36. The maximum atomic E-state index is 11.9. The van der Waals surface area contributed by atoms with Crippen molar-refractivity contribution >= 4 is 23.1 Å². The standard InChI is InChI=1S/C11H13N3OS/c1-2-14-10-6-13(11(14)15)4-3-9(10)8-5-12-16-7-8/h3,5,7,10H,2,4,6H2,1H3. The second kappa shape index (κ2) is 3.59. The molecular weight excluding hydrogens is 222 g/mol. The first-order valence-corrected chi connectivity index (χ1v) is 6.30. The van der Waals surface area contributed by atoms with E-state index in [4.69, 9.17) is 0 Å². The highest BCUT2D eigenvalue weighted by molar-refractivity contribution is 7.03. The minimum Gasteiger partial charge on any atom is -0.318 e. The third kappa shape index (κ3) is 1.28. The molecular formula is C11H13N3OS.